The zero-order valence-corrected chi connectivity index (χ0v) is 17.3. The predicted octanol–water partition coefficient (Wildman–Crippen LogP) is 2.78. The zero-order chi connectivity index (χ0) is 21.9. The van der Waals surface area contributed by atoms with E-state index in [1.54, 1.807) is 19.1 Å². The van der Waals surface area contributed by atoms with Gasteiger partial charge in [0, 0.05) is 5.70 Å². The van der Waals surface area contributed by atoms with Crippen molar-refractivity contribution in [1.82, 2.24) is 10.6 Å². The summed E-state index contributed by atoms with van der Waals surface area (Å²) in [5.74, 6) is -1.96. The van der Waals surface area contributed by atoms with Crippen LogP contribution in [0.3, 0.4) is 0 Å². The molecule has 7 nitrogen and oxygen atoms in total. The number of amides is 2. The van der Waals surface area contributed by atoms with E-state index in [2.05, 4.69) is 10.6 Å². The molecule has 1 unspecified atom stereocenters. The van der Waals surface area contributed by atoms with Crippen LogP contribution in [-0.4, -0.2) is 32.8 Å². The molecule has 1 atom stereocenters. The van der Waals surface area contributed by atoms with Gasteiger partial charge in [-0.2, -0.15) is 0 Å². The molecule has 2 amide bonds. The highest BCUT2D eigenvalue weighted by atomic mass is 32.2. The van der Waals surface area contributed by atoms with Crippen molar-refractivity contribution >= 4 is 21.8 Å². The molecule has 0 aliphatic carbocycles. The van der Waals surface area contributed by atoms with Crippen molar-refractivity contribution in [3.05, 3.63) is 76.7 Å². The van der Waals surface area contributed by atoms with Gasteiger partial charge < -0.3 is 15.4 Å². The molecule has 158 valence electrons. The summed E-state index contributed by atoms with van der Waals surface area (Å²) in [5, 5.41) is 5.08. The Morgan fingerprint density at radius 1 is 1.10 bits per heavy atom. The van der Waals surface area contributed by atoms with E-state index in [4.69, 9.17) is 4.74 Å². The normalized spacial score (nSPS) is 16.6. The van der Waals surface area contributed by atoms with Crippen LogP contribution in [0.2, 0.25) is 0 Å². The summed E-state index contributed by atoms with van der Waals surface area (Å²) in [4.78, 5) is 24.9. The number of halogens is 1. The van der Waals surface area contributed by atoms with Crippen LogP contribution in [-0.2, 0) is 19.4 Å². The molecule has 1 heterocycles. The molecule has 1 aliphatic rings. The Hall–Kier alpha value is -3.20. The van der Waals surface area contributed by atoms with Crippen molar-refractivity contribution in [1.29, 1.82) is 0 Å². The minimum absolute atomic E-state index is 0.00555. The topological polar surface area (TPSA) is 102 Å². The maximum absolute atomic E-state index is 13.2. The summed E-state index contributed by atoms with van der Waals surface area (Å²) < 4.78 is 44.0. The van der Waals surface area contributed by atoms with Gasteiger partial charge in [0.15, 0.2) is 9.84 Å². The van der Waals surface area contributed by atoms with Crippen LogP contribution in [0.25, 0.3) is 0 Å². The Balaban J connectivity index is 2.08. The number of ether oxygens (including phenoxy) is 1. The van der Waals surface area contributed by atoms with Crippen LogP contribution in [0, 0.1) is 12.7 Å². The minimum atomic E-state index is -3.97. The predicted molar refractivity (Wildman–Crippen MR) is 108 cm³/mol. The SMILES string of the molecule is CCOC(=O)C1=C(CS(=O)(=O)c2ccc(F)cc2)NC(=O)NC1c1ccc(C)cc1. The van der Waals surface area contributed by atoms with Crippen LogP contribution in [0.15, 0.2) is 64.7 Å². The number of sulfone groups is 1. The van der Waals surface area contributed by atoms with Crippen molar-refractivity contribution in [3.8, 4) is 0 Å². The van der Waals surface area contributed by atoms with Crippen molar-refractivity contribution in [2.45, 2.75) is 24.8 Å². The molecule has 2 N–H and O–H groups in total. The van der Waals surface area contributed by atoms with E-state index in [-0.39, 0.29) is 22.8 Å². The molecule has 0 saturated heterocycles. The van der Waals surface area contributed by atoms with E-state index < -0.39 is 39.4 Å². The molecule has 0 aromatic heterocycles. The molecule has 0 bridgehead atoms. The summed E-state index contributed by atoms with van der Waals surface area (Å²) in [7, 11) is -3.97. The summed E-state index contributed by atoms with van der Waals surface area (Å²) >= 11 is 0. The van der Waals surface area contributed by atoms with E-state index in [0.717, 1.165) is 29.8 Å². The molecule has 30 heavy (non-hydrogen) atoms. The average Bonchev–Trinajstić information content (AvgIpc) is 2.68. The number of nitrogens with one attached hydrogen (secondary N) is 2. The van der Waals surface area contributed by atoms with Crippen LogP contribution in [0.5, 0.6) is 0 Å². The lowest BCUT2D eigenvalue weighted by Crippen LogP contribution is -2.47. The highest BCUT2D eigenvalue weighted by Gasteiger charge is 2.35. The minimum Gasteiger partial charge on any atom is -0.463 e. The van der Waals surface area contributed by atoms with E-state index in [0.29, 0.717) is 5.56 Å². The van der Waals surface area contributed by atoms with Crippen molar-refractivity contribution in [3.63, 3.8) is 0 Å². The quantitative estimate of drug-likeness (QED) is 0.540. The van der Waals surface area contributed by atoms with Crippen LogP contribution >= 0.6 is 0 Å². The number of hydrogen-bond acceptors (Lipinski definition) is 5. The van der Waals surface area contributed by atoms with Crippen LogP contribution in [0.1, 0.15) is 24.1 Å². The number of aryl methyl sites for hydroxylation is 1. The Labute approximate surface area is 173 Å². The first-order valence-corrected chi connectivity index (χ1v) is 10.9. The van der Waals surface area contributed by atoms with Gasteiger partial charge in [0.1, 0.15) is 5.82 Å². The molecule has 9 heteroatoms. The fourth-order valence-electron chi connectivity index (χ4n) is 3.11. The van der Waals surface area contributed by atoms with E-state index >= 15 is 0 Å². The molecule has 0 spiro atoms. The van der Waals surface area contributed by atoms with Crippen molar-refractivity contribution in [2.75, 3.05) is 12.4 Å². The first kappa shape index (κ1) is 21.5. The standard InChI is InChI=1S/C21H21FN2O5S/c1-3-29-20(25)18-17(12-30(27,28)16-10-8-15(22)9-11-16)23-21(26)24-19(18)14-6-4-13(2)5-7-14/h4-11,19H,3,12H2,1-2H3,(H2,23,24,26). The molecule has 2 aromatic rings. The molecule has 3 rings (SSSR count). The van der Waals surface area contributed by atoms with Gasteiger partial charge in [-0.15, -0.1) is 0 Å². The zero-order valence-electron chi connectivity index (χ0n) is 16.4. The Morgan fingerprint density at radius 2 is 1.73 bits per heavy atom. The number of hydrogen-bond donors (Lipinski definition) is 2. The van der Waals surface area contributed by atoms with Gasteiger partial charge in [0.2, 0.25) is 0 Å². The van der Waals surface area contributed by atoms with Gasteiger partial charge in [0.05, 0.1) is 28.9 Å². The van der Waals surface area contributed by atoms with Gasteiger partial charge in [-0.3, -0.25) is 0 Å². The van der Waals surface area contributed by atoms with Crippen molar-refractivity contribution in [2.24, 2.45) is 0 Å². The molecule has 1 aliphatic heterocycles. The third-order valence-electron chi connectivity index (χ3n) is 4.57. The summed E-state index contributed by atoms with van der Waals surface area (Å²) in [6.07, 6.45) is 0. The lowest BCUT2D eigenvalue weighted by molar-refractivity contribution is -0.139. The maximum Gasteiger partial charge on any atom is 0.338 e. The van der Waals surface area contributed by atoms with Gasteiger partial charge in [-0.1, -0.05) is 29.8 Å². The van der Waals surface area contributed by atoms with Crippen LogP contribution in [0.4, 0.5) is 9.18 Å². The third-order valence-corrected chi connectivity index (χ3v) is 6.23. The number of benzene rings is 2. The smallest absolute Gasteiger partial charge is 0.338 e. The van der Waals surface area contributed by atoms with Gasteiger partial charge in [-0.25, -0.2) is 22.4 Å². The highest BCUT2D eigenvalue weighted by Crippen LogP contribution is 2.29. The van der Waals surface area contributed by atoms with E-state index in [1.807, 2.05) is 19.1 Å². The number of esters is 1. The van der Waals surface area contributed by atoms with Gasteiger partial charge in [0.25, 0.3) is 0 Å². The lowest BCUT2D eigenvalue weighted by Gasteiger charge is -2.29. The Kier molecular flexibility index (Phi) is 6.21. The average molecular weight is 432 g/mol. The first-order valence-electron chi connectivity index (χ1n) is 9.24. The molecular formula is C21H21FN2O5S. The summed E-state index contributed by atoms with van der Waals surface area (Å²) in [6, 6.07) is 9.95. The second kappa shape index (κ2) is 8.66. The largest absolute Gasteiger partial charge is 0.463 e. The second-order valence-electron chi connectivity index (χ2n) is 6.77. The Bertz CT molecular complexity index is 1090. The summed E-state index contributed by atoms with van der Waals surface area (Å²) in [6.45, 7) is 3.60. The molecule has 2 aromatic carbocycles. The van der Waals surface area contributed by atoms with Gasteiger partial charge >= 0.3 is 12.0 Å². The summed E-state index contributed by atoms with van der Waals surface area (Å²) in [5.41, 5.74) is 1.52. The van der Waals surface area contributed by atoms with Crippen molar-refractivity contribution < 1.29 is 27.1 Å². The number of carbonyl (C=O) groups is 2. The fourth-order valence-corrected chi connectivity index (χ4v) is 4.43. The van der Waals surface area contributed by atoms with E-state index in [1.165, 1.54) is 0 Å². The van der Waals surface area contributed by atoms with E-state index in [9.17, 15) is 22.4 Å². The number of carbonyl (C=O) groups excluding carboxylic acids is 2. The third kappa shape index (κ3) is 4.68. The first-order chi connectivity index (χ1) is 14.2. The monoisotopic (exact) mass is 432 g/mol. The lowest BCUT2D eigenvalue weighted by atomic mass is 9.95. The van der Waals surface area contributed by atoms with Gasteiger partial charge in [-0.05, 0) is 43.7 Å². The molecule has 0 radical (unpaired) electrons. The maximum atomic E-state index is 13.2. The molecule has 0 fully saturated rings. The van der Waals surface area contributed by atoms with Crippen LogP contribution < -0.4 is 10.6 Å². The fraction of sp³-hybridized carbons (Fsp3) is 0.238. The molecular weight excluding hydrogens is 411 g/mol. The Morgan fingerprint density at radius 3 is 2.33 bits per heavy atom. The molecule has 0 saturated carbocycles. The second-order valence-corrected chi connectivity index (χ2v) is 8.76. The number of rotatable bonds is 6. The number of urea groups is 1. The highest BCUT2D eigenvalue weighted by molar-refractivity contribution is 7.91.